The average molecular weight is 597 g/mol. The Kier molecular flexibility index (Phi) is 9.57. The third-order valence-electron chi connectivity index (χ3n) is 7.77. The third-order valence-corrected chi connectivity index (χ3v) is 8.40. The molecule has 0 unspecified atom stereocenters. The summed E-state index contributed by atoms with van der Waals surface area (Å²) in [4.78, 5) is 21.3. The van der Waals surface area contributed by atoms with E-state index in [1.165, 1.54) is 24.1 Å². The summed E-state index contributed by atoms with van der Waals surface area (Å²) < 4.78 is 12.8. The summed E-state index contributed by atoms with van der Waals surface area (Å²) in [7, 11) is 1.48. The molecule has 9 nitrogen and oxygen atoms in total. The van der Waals surface area contributed by atoms with Crippen LogP contribution in [0.1, 0.15) is 41.1 Å². The van der Waals surface area contributed by atoms with Crippen molar-refractivity contribution in [2.75, 3.05) is 56.8 Å². The number of aromatic nitrogens is 2. The maximum atomic E-state index is 12.1. The van der Waals surface area contributed by atoms with Crippen LogP contribution in [0.4, 0.5) is 11.4 Å². The molecule has 2 aromatic heterocycles. The monoisotopic (exact) mass is 596 g/mol. The average Bonchev–Trinajstić information content (AvgIpc) is 3.46. The summed E-state index contributed by atoms with van der Waals surface area (Å²) in [5.74, 6) is -0.269. The SMILES string of the molecule is COCC(=O)Nc1ccc(N2C(=S)N[C@H](c3ccccn3)[C@H]2c2cc(C)n(CCCN3CCOCC3)c2C)cc1Cl. The molecule has 4 heterocycles. The number of hydrogen-bond donors (Lipinski definition) is 2. The Morgan fingerprint density at radius 3 is 2.71 bits per heavy atom. The van der Waals surface area contributed by atoms with Gasteiger partial charge in [-0.1, -0.05) is 17.7 Å². The van der Waals surface area contributed by atoms with Crippen molar-refractivity contribution < 1.29 is 14.3 Å². The van der Waals surface area contributed by atoms with Gasteiger partial charge in [0.1, 0.15) is 6.61 Å². The van der Waals surface area contributed by atoms with E-state index in [-0.39, 0.29) is 24.6 Å². The highest BCUT2D eigenvalue weighted by Gasteiger charge is 2.42. The summed E-state index contributed by atoms with van der Waals surface area (Å²) in [5, 5.41) is 7.34. The van der Waals surface area contributed by atoms with E-state index in [4.69, 9.17) is 33.3 Å². The van der Waals surface area contributed by atoms with Gasteiger partial charge in [0.15, 0.2) is 5.11 Å². The largest absolute Gasteiger partial charge is 0.379 e. The Morgan fingerprint density at radius 2 is 2.00 bits per heavy atom. The number of morpholine rings is 1. The van der Waals surface area contributed by atoms with Crippen molar-refractivity contribution >= 4 is 46.2 Å². The predicted octanol–water partition coefficient (Wildman–Crippen LogP) is 4.64. The zero-order valence-corrected chi connectivity index (χ0v) is 25.3. The number of nitrogens with zero attached hydrogens (tertiary/aromatic N) is 4. The molecule has 3 aromatic rings. The fourth-order valence-corrected chi connectivity index (χ4v) is 6.34. The van der Waals surface area contributed by atoms with Crippen molar-refractivity contribution in [1.29, 1.82) is 0 Å². The molecule has 0 spiro atoms. The van der Waals surface area contributed by atoms with Crippen molar-refractivity contribution in [3.63, 3.8) is 0 Å². The van der Waals surface area contributed by atoms with Crippen molar-refractivity contribution in [2.45, 2.75) is 38.9 Å². The molecule has 0 saturated carbocycles. The van der Waals surface area contributed by atoms with E-state index in [9.17, 15) is 4.79 Å². The Balaban J connectivity index is 1.46. The number of benzene rings is 1. The molecule has 0 bridgehead atoms. The van der Waals surface area contributed by atoms with Gasteiger partial charge in [-0.25, -0.2) is 0 Å². The van der Waals surface area contributed by atoms with Gasteiger partial charge in [0.2, 0.25) is 5.91 Å². The molecule has 2 saturated heterocycles. The summed E-state index contributed by atoms with van der Waals surface area (Å²) in [5.41, 5.74) is 5.87. The van der Waals surface area contributed by atoms with Crippen molar-refractivity contribution in [1.82, 2.24) is 19.8 Å². The molecule has 2 fully saturated rings. The lowest BCUT2D eigenvalue weighted by Crippen LogP contribution is -2.37. The number of methoxy groups -OCH3 is 1. The lowest BCUT2D eigenvalue weighted by Gasteiger charge is -2.29. The van der Waals surface area contributed by atoms with E-state index in [0.29, 0.717) is 15.8 Å². The van der Waals surface area contributed by atoms with Crippen LogP contribution in [0.15, 0.2) is 48.7 Å². The van der Waals surface area contributed by atoms with Gasteiger partial charge in [0.25, 0.3) is 0 Å². The van der Waals surface area contributed by atoms with Gasteiger partial charge >= 0.3 is 0 Å². The fourth-order valence-electron chi connectivity index (χ4n) is 5.77. The van der Waals surface area contributed by atoms with E-state index in [1.54, 1.807) is 6.07 Å². The number of pyridine rings is 1. The molecule has 41 heavy (non-hydrogen) atoms. The molecule has 2 atom stereocenters. The standard InChI is InChI=1S/C30H37ClN6O3S/c1-20-17-23(21(2)36(20)12-6-11-35-13-15-40-16-14-35)29-28(26-7-4-5-10-32-26)34-30(41)37(29)22-8-9-25(24(31)18-22)33-27(38)19-39-3/h4-5,7-10,17-18,28-29H,6,11-16,19H2,1-3H3,(H,33,38)(H,34,41)/t28-,29-/m1/s1. The van der Waals surface area contributed by atoms with Crippen LogP contribution >= 0.6 is 23.8 Å². The van der Waals surface area contributed by atoms with Crippen LogP contribution in [-0.2, 0) is 20.8 Å². The molecule has 2 aliphatic heterocycles. The summed E-state index contributed by atoms with van der Waals surface area (Å²) in [6, 6.07) is 13.5. The second-order valence-corrected chi connectivity index (χ2v) is 11.2. The number of carbonyl (C=O) groups excluding carboxylic acids is 1. The first-order valence-electron chi connectivity index (χ1n) is 13.9. The van der Waals surface area contributed by atoms with Crippen LogP contribution in [0.5, 0.6) is 0 Å². The minimum absolute atomic E-state index is 0.0475. The van der Waals surface area contributed by atoms with Gasteiger partial charge in [-0.15, -0.1) is 0 Å². The lowest BCUT2D eigenvalue weighted by molar-refractivity contribution is -0.119. The quantitative estimate of drug-likeness (QED) is 0.328. The molecule has 1 amide bonds. The number of halogens is 1. The highest BCUT2D eigenvalue weighted by Crippen LogP contribution is 2.44. The summed E-state index contributed by atoms with van der Waals surface area (Å²) >= 11 is 12.6. The number of aryl methyl sites for hydroxylation is 1. The number of rotatable bonds is 10. The minimum atomic E-state index is -0.269. The molecule has 1 aromatic carbocycles. The molecule has 0 aliphatic carbocycles. The zero-order valence-electron chi connectivity index (χ0n) is 23.7. The first-order chi connectivity index (χ1) is 19.9. The van der Waals surface area contributed by atoms with Crippen LogP contribution in [0, 0.1) is 13.8 Å². The Hall–Kier alpha value is -3.02. The van der Waals surface area contributed by atoms with Crippen LogP contribution in [0.25, 0.3) is 0 Å². The lowest BCUT2D eigenvalue weighted by atomic mass is 9.96. The minimum Gasteiger partial charge on any atom is -0.379 e. The van der Waals surface area contributed by atoms with Crippen LogP contribution in [0.2, 0.25) is 5.02 Å². The normalized spacial score (nSPS) is 19.4. The molecule has 11 heteroatoms. The maximum absolute atomic E-state index is 12.1. The number of hydrogen-bond acceptors (Lipinski definition) is 6. The van der Waals surface area contributed by atoms with Gasteiger partial charge in [0.05, 0.1) is 41.7 Å². The van der Waals surface area contributed by atoms with Crippen molar-refractivity contribution in [2.24, 2.45) is 0 Å². The highest BCUT2D eigenvalue weighted by molar-refractivity contribution is 7.80. The first kappa shape index (κ1) is 29.5. The number of anilines is 2. The van der Waals surface area contributed by atoms with Gasteiger partial charge in [-0.3, -0.25) is 14.7 Å². The van der Waals surface area contributed by atoms with Crippen LogP contribution < -0.4 is 15.5 Å². The highest BCUT2D eigenvalue weighted by atomic mass is 35.5. The number of ether oxygens (including phenoxy) is 2. The van der Waals surface area contributed by atoms with Crippen molar-refractivity contribution in [3.8, 4) is 0 Å². The van der Waals surface area contributed by atoms with Crippen LogP contribution in [-0.4, -0.2) is 72.0 Å². The predicted molar refractivity (Wildman–Crippen MR) is 166 cm³/mol. The van der Waals surface area contributed by atoms with E-state index in [2.05, 4.69) is 49.9 Å². The molecule has 5 rings (SSSR count). The fraction of sp³-hybridized carbons (Fsp3) is 0.433. The first-order valence-corrected chi connectivity index (χ1v) is 14.7. The Labute approximate surface area is 251 Å². The smallest absolute Gasteiger partial charge is 0.250 e. The Morgan fingerprint density at radius 1 is 1.20 bits per heavy atom. The summed E-state index contributed by atoms with van der Waals surface area (Å²) in [6.45, 7) is 9.93. The number of nitrogens with one attached hydrogen (secondary N) is 2. The third kappa shape index (κ3) is 6.57. The van der Waals surface area contributed by atoms with E-state index in [0.717, 1.165) is 57.2 Å². The molecular formula is C30H37ClN6O3S. The van der Waals surface area contributed by atoms with Gasteiger partial charge in [0, 0.05) is 56.6 Å². The van der Waals surface area contributed by atoms with Gasteiger partial charge in [-0.2, -0.15) is 0 Å². The second-order valence-electron chi connectivity index (χ2n) is 10.4. The number of carbonyl (C=O) groups is 1. The molecule has 0 radical (unpaired) electrons. The van der Waals surface area contributed by atoms with E-state index >= 15 is 0 Å². The molecule has 2 aliphatic rings. The number of thiocarbonyl (C=S) groups is 1. The van der Waals surface area contributed by atoms with E-state index in [1.807, 2.05) is 36.5 Å². The molecule has 218 valence electrons. The molecular weight excluding hydrogens is 560 g/mol. The van der Waals surface area contributed by atoms with Gasteiger partial charge in [-0.05, 0) is 74.4 Å². The topological polar surface area (TPSA) is 83.9 Å². The zero-order chi connectivity index (χ0) is 28.9. The number of amides is 1. The van der Waals surface area contributed by atoms with Gasteiger partial charge < -0.3 is 29.6 Å². The maximum Gasteiger partial charge on any atom is 0.250 e. The Bertz CT molecular complexity index is 1380. The second kappa shape index (κ2) is 13.3. The van der Waals surface area contributed by atoms with Crippen molar-refractivity contribution in [3.05, 3.63) is 76.3 Å². The van der Waals surface area contributed by atoms with E-state index < -0.39 is 0 Å². The summed E-state index contributed by atoms with van der Waals surface area (Å²) in [6.07, 6.45) is 2.87. The van der Waals surface area contributed by atoms with Crippen LogP contribution in [0.3, 0.4) is 0 Å². The molecule has 2 N–H and O–H groups in total.